The molecule has 5 heteroatoms. The number of hydrogen-bond donors (Lipinski definition) is 1. The van der Waals surface area contributed by atoms with Gasteiger partial charge in [-0.25, -0.2) is 0 Å². The van der Waals surface area contributed by atoms with Crippen LogP contribution in [0.4, 0.5) is 0 Å². The van der Waals surface area contributed by atoms with E-state index in [4.69, 9.17) is 23.2 Å². The van der Waals surface area contributed by atoms with Crippen molar-refractivity contribution in [2.24, 2.45) is 5.92 Å². The predicted octanol–water partition coefficient (Wildman–Crippen LogP) is 4.63. The van der Waals surface area contributed by atoms with Crippen molar-refractivity contribution < 1.29 is 4.79 Å². The van der Waals surface area contributed by atoms with Crippen LogP contribution in [0.3, 0.4) is 0 Å². The van der Waals surface area contributed by atoms with Crippen LogP contribution in [-0.4, -0.2) is 17.8 Å². The molecule has 0 radical (unpaired) electrons. The molecule has 1 aromatic rings. The largest absolute Gasteiger partial charge is 0.352 e. The fourth-order valence-electron chi connectivity index (χ4n) is 2.38. The van der Waals surface area contributed by atoms with Gasteiger partial charge < -0.3 is 5.32 Å². The Hall–Kier alpha value is -0.250. The third kappa shape index (κ3) is 4.11. The van der Waals surface area contributed by atoms with Crippen molar-refractivity contribution in [3.05, 3.63) is 33.3 Å². The number of halogens is 3. The maximum Gasteiger partial charge on any atom is 0.252 e. The van der Waals surface area contributed by atoms with E-state index < -0.39 is 0 Å². The summed E-state index contributed by atoms with van der Waals surface area (Å²) in [4.78, 5) is 12.1. The molecule has 0 spiro atoms. The molecular weight excluding hydrogens is 349 g/mol. The van der Waals surface area contributed by atoms with Crippen molar-refractivity contribution >= 4 is 45.0 Å². The lowest BCUT2D eigenvalue weighted by Crippen LogP contribution is -2.34. The number of amides is 1. The first-order valence-corrected chi connectivity index (χ1v) is 8.06. The van der Waals surface area contributed by atoms with Gasteiger partial charge in [0.15, 0.2) is 0 Å². The molecule has 1 aromatic carbocycles. The van der Waals surface area contributed by atoms with Crippen molar-refractivity contribution in [3.8, 4) is 0 Å². The van der Waals surface area contributed by atoms with Crippen LogP contribution in [-0.2, 0) is 0 Å². The van der Waals surface area contributed by atoms with Gasteiger partial charge in [0, 0.05) is 21.4 Å². The molecule has 0 heterocycles. The summed E-state index contributed by atoms with van der Waals surface area (Å²) in [7, 11) is 0. The molecule has 0 bridgehead atoms. The second-order valence-electron chi connectivity index (χ2n) is 4.89. The average molecular weight is 365 g/mol. The second kappa shape index (κ2) is 6.96. The van der Waals surface area contributed by atoms with E-state index >= 15 is 0 Å². The van der Waals surface area contributed by atoms with Gasteiger partial charge in [-0.3, -0.25) is 4.79 Å². The molecular formula is C14H16BrCl2NO. The van der Waals surface area contributed by atoms with Crippen LogP contribution in [0, 0.1) is 5.92 Å². The van der Waals surface area contributed by atoms with E-state index in [1.165, 1.54) is 12.8 Å². The number of carbonyl (C=O) groups excluding carboxylic acids is 1. The third-order valence-corrected chi connectivity index (χ3v) is 5.02. The lowest BCUT2D eigenvalue weighted by atomic mass is 9.88. The highest BCUT2D eigenvalue weighted by Crippen LogP contribution is 2.28. The maximum absolute atomic E-state index is 12.1. The predicted molar refractivity (Wildman–Crippen MR) is 83.1 cm³/mol. The molecule has 1 fully saturated rings. The summed E-state index contributed by atoms with van der Waals surface area (Å²) in [6.45, 7) is 0.631. The molecule has 2 nitrogen and oxygen atoms in total. The van der Waals surface area contributed by atoms with E-state index in [0.717, 1.165) is 17.3 Å². The SMILES string of the molecule is O=C(NCC1CCCCC1Cl)c1cc(Cl)ccc1Br. The summed E-state index contributed by atoms with van der Waals surface area (Å²) >= 11 is 15.6. The molecule has 1 aliphatic rings. The highest BCUT2D eigenvalue weighted by molar-refractivity contribution is 9.10. The third-order valence-electron chi connectivity index (χ3n) is 3.51. The Bertz CT molecular complexity index is 467. The number of benzene rings is 1. The summed E-state index contributed by atoms with van der Waals surface area (Å²) < 4.78 is 0.750. The molecule has 19 heavy (non-hydrogen) atoms. The zero-order valence-electron chi connectivity index (χ0n) is 10.5. The first-order valence-electron chi connectivity index (χ1n) is 6.45. The van der Waals surface area contributed by atoms with E-state index in [1.807, 2.05) is 0 Å². The second-order valence-corrected chi connectivity index (χ2v) is 6.75. The average Bonchev–Trinajstić information content (AvgIpc) is 2.40. The topological polar surface area (TPSA) is 29.1 Å². The zero-order valence-corrected chi connectivity index (χ0v) is 13.6. The highest BCUT2D eigenvalue weighted by atomic mass is 79.9. The minimum absolute atomic E-state index is 0.108. The van der Waals surface area contributed by atoms with Crippen molar-refractivity contribution in [3.63, 3.8) is 0 Å². The van der Waals surface area contributed by atoms with Crippen molar-refractivity contribution in [2.45, 2.75) is 31.1 Å². The lowest BCUT2D eigenvalue weighted by Gasteiger charge is -2.27. The Morgan fingerprint density at radius 3 is 2.84 bits per heavy atom. The van der Waals surface area contributed by atoms with Gasteiger partial charge >= 0.3 is 0 Å². The molecule has 1 aliphatic carbocycles. The number of nitrogens with one attached hydrogen (secondary N) is 1. The summed E-state index contributed by atoms with van der Waals surface area (Å²) in [5.41, 5.74) is 0.564. The van der Waals surface area contributed by atoms with Crippen LogP contribution < -0.4 is 5.32 Å². The number of hydrogen-bond acceptors (Lipinski definition) is 1. The van der Waals surface area contributed by atoms with Crippen molar-refractivity contribution in [2.75, 3.05) is 6.54 Å². The Morgan fingerprint density at radius 1 is 1.37 bits per heavy atom. The van der Waals surface area contributed by atoms with Gasteiger partial charge in [-0.2, -0.15) is 0 Å². The molecule has 2 rings (SSSR count). The first-order chi connectivity index (χ1) is 9.08. The molecule has 0 saturated heterocycles. The van der Waals surface area contributed by atoms with E-state index in [-0.39, 0.29) is 11.3 Å². The quantitative estimate of drug-likeness (QED) is 0.778. The Labute approximate surface area is 132 Å². The summed E-state index contributed by atoms with van der Waals surface area (Å²) in [6, 6.07) is 5.20. The molecule has 1 amide bonds. The van der Waals surface area contributed by atoms with Gasteiger partial charge in [-0.15, -0.1) is 11.6 Å². The molecule has 1 saturated carbocycles. The van der Waals surface area contributed by atoms with E-state index in [1.54, 1.807) is 18.2 Å². The van der Waals surface area contributed by atoms with Gasteiger partial charge in [0.1, 0.15) is 0 Å². The summed E-state index contributed by atoms with van der Waals surface area (Å²) in [5, 5.41) is 3.69. The van der Waals surface area contributed by atoms with Gasteiger partial charge in [0.25, 0.3) is 5.91 Å². The molecule has 0 aromatic heterocycles. The molecule has 2 atom stereocenters. The number of alkyl halides is 1. The Morgan fingerprint density at radius 2 is 2.11 bits per heavy atom. The van der Waals surface area contributed by atoms with Crippen molar-refractivity contribution in [1.29, 1.82) is 0 Å². The standard InChI is InChI=1S/C14H16BrCl2NO/c15-12-6-5-10(16)7-11(12)14(19)18-8-9-3-1-2-4-13(9)17/h5-7,9,13H,1-4,8H2,(H,18,19). The summed E-state index contributed by atoms with van der Waals surface area (Å²) in [6.07, 6.45) is 4.52. The van der Waals surface area contributed by atoms with Crippen LogP contribution in [0.2, 0.25) is 5.02 Å². The minimum Gasteiger partial charge on any atom is -0.352 e. The number of rotatable bonds is 3. The fourth-order valence-corrected chi connectivity index (χ4v) is 3.35. The minimum atomic E-state index is -0.108. The monoisotopic (exact) mass is 363 g/mol. The fraction of sp³-hybridized carbons (Fsp3) is 0.500. The molecule has 2 unspecified atom stereocenters. The van der Waals surface area contributed by atoms with Crippen LogP contribution in [0.25, 0.3) is 0 Å². The van der Waals surface area contributed by atoms with Crippen LogP contribution in [0.15, 0.2) is 22.7 Å². The van der Waals surface area contributed by atoms with Crippen LogP contribution in [0.5, 0.6) is 0 Å². The van der Waals surface area contributed by atoms with E-state index in [2.05, 4.69) is 21.2 Å². The Balaban J connectivity index is 1.95. The zero-order chi connectivity index (χ0) is 13.8. The highest BCUT2D eigenvalue weighted by Gasteiger charge is 2.23. The normalized spacial score (nSPS) is 23.1. The van der Waals surface area contributed by atoms with E-state index in [0.29, 0.717) is 23.0 Å². The van der Waals surface area contributed by atoms with Gasteiger partial charge in [-0.05, 0) is 52.9 Å². The lowest BCUT2D eigenvalue weighted by molar-refractivity contribution is 0.0943. The smallest absolute Gasteiger partial charge is 0.252 e. The van der Waals surface area contributed by atoms with Gasteiger partial charge in [0.05, 0.1) is 5.56 Å². The first kappa shape index (κ1) is 15.1. The van der Waals surface area contributed by atoms with Crippen LogP contribution >= 0.6 is 39.1 Å². The van der Waals surface area contributed by atoms with Crippen LogP contribution in [0.1, 0.15) is 36.0 Å². The van der Waals surface area contributed by atoms with Gasteiger partial charge in [-0.1, -0.05) is 24.4 Å². The molecule has 1 N–H and O–H groups in total. The van der Waals surface area contributed by atoms with Crippen molar-refractivity contribution in [1.82, 2.24) is 5.32 Å². The molecule has 0 aliphatic heterocycles. The maximum atomic E-state index is 12.1. The summed E-state index contributed by atoms with van der Waals surface area (Å²) in [5.74, 6) is 0.265. The number of carbonyl (C=O) groups is 1. The van der Waals surface area contributed by atoms with Gasteiger partial charge in [0.2, 0.25) is 0 Å². The van der Waals surface area contributed by atoms with E-state index in [9.17, 15) is 4.79 Å². The Kier molecular flexibility index (Phi) is 5.55. The molecule has 104 valence electrons.